The molecule has 0 heterocycles. The molecule has 0 fully saturated rings. The van der Waals surface area contributed by atoms with Crippen molar-refractivity contribution in [2.24, 2.45) is 0 Å². The Morgan fingerprint density at radius 2 is 2.17 bits per heavy atom. The molecule has 0 aliphatic heterocycles. The number of nitro benzene ring substituents is 1. The highest BCUT2D eigenvalue weighted by Gasteiger charge is 2.30. The summed E-state index contributed by atoms with van der Waals surface area (Å²) in [7, 11) is 0. The summed E-state index contributed by atoms with van der Waals surface area (Å²) in [5, 5.41) is 37.6. The van der Waals surface area contributed by atoms with Gasteiger partial charge in [0.2, 0.25) is 0 Å². The summed E-state index contributed by atoms with van der Waals surface area (Å²) in [5.74, 6) is -1.75. The number of rotatable bonds is 4. The van der Waals surface area contributed by atoms with Crippen LogP contribution >= 0.6 is 0 Å². The monoisotopic (exact) mass is 250 g/mol. The standard InChI is InChI=1S/C10H6N2O6/c11-3-6-5(4-13)1-2-7(12(17)18)8(6)9(14)10(15)16/h1-2,4,9,14H,(H,15,16). The number of nitro groups is 1. The minimum absolute atomic E-state index is 0.224. The Hall–Kier alpha value is -2.79. The Bertz CT molecular complexity index is 574. The second kappa shape index (κ2) is 5.03. The molecule has 0 saturated heterocycles. The van der Waals surface area contributed by atoms with Crippen LogP contribution in [0.3, 0.4) is 0 Å². The van der Waals surface area contributed by atoms with Crippen LogP contribution in [-0.2, 0) is 4.79 Å². The first kappa shape index (κ1) is 13.3. The number of hydrogen-bond donors (Lipinski definition) is 2. The highest BCUT2D eigenvalue weighted by atomic mass is 16.6. The number of aliphatic hydroxyl groups is 1. The van der Waals surface area contributed by atoms with Gasteiger partial charge in [0.05, 0.1) is 16.1 Å². The number of aliphatic carboxylic acids is 1. The van der Waals surface area contributed by atoms with E-state index in [1.54, 1.807) is 0 Å². The maximum Gasteiger partial charge on any atom is 0.337 e. The number of carboxylic acid groups (broad SMARTS) is 1. The quantitative estimate of drug-likeness (QED) is 0.447. The molecule has 0 amide bonds. The zero-order valence-electron chi connectivity index (χ0n) is 8.73. The number of aldehydes is 1. The predicted molar refractivity (Wildman–Crippen MR) is 55.8 cm³/mol. The van der Waals surface area contributed by atoms with Crippen LogP contribution in [0.15, 0.2) is 12.1 Å². The molecule has 1 atom stereocenters. The molecule has 1 unspecified atom stereocenters. The van der Waals surface area contributed by atoms with Crippen LogP contribution in [0.1, 0.15) is 27.6 Å². The molecule has 1 aromatic rings. The van der Waals surface area contributed by atoms with Crippen molar-refractivity contribution in [1.82, 2.24) is 0 Å². The Labute approximate surface area is 99.8 Å². The van der Waals surface area contributed by atoms with Crippen LogP contribution in [0.5, 0.6) is 0 Å². The van der Waals surface area contributed by atoms with Gasteiger partial charge in [0, 0.05) is 11.6 Å². The van der Waals surface area contributed by atoms with Crippen LogP contribution < -0.4 is 0 Å². The number of nitriles is 1. The molecule has 1 aromatic carbocycles. The van der Waals surface area contributed by atoms with E-state index < -0.39 is 33.8 Å². The Morgan fingerprint density at radius 1 is 1.56 bits per heavy atom. The van der Waals surface area contributed by atoms with E-state index >= 15 is 0 Å². The van der Waals surface area contributed by atoms with Crippen LogP contribution in [0.25, 0.3) is 0 Å². The molecule has 0 spiro atoms. The number of hydrogen-bond acceptors (Lipinski definition) is 6. The number of benzene rings is 1. The van der Waals surface area contributed by atoms with E-state index in [1.807, 2.05) is 0 Å². The Morgan fingerprint density at radius 3 is 2.56 bits per heavy atom. The van der Waals surface area contributed by atoms with Crippen molar-refractivity contribution in [1.29, 1.82) is 5.26 Å². The molecule has 0 aromatic heterocycles. The van der Waals surface area contributed by atoms with Gasteiger partial charge in [0.15, 0.2) is 12.4 Å². The molecule has 2 N–H and O–H groups in total. The molecule has 8 heteroatoms. The second-order valence-electron chi connectivity index (χ2n) is 3.19. The molecule has 0 radical (unpaired) electrons. The van der Waals surface area contributed by atoms with E-state index in [-0.39, 0.29) is 11.8 Å². The van der Waals surface area contributed by atoms with Gasteiger partial charge in [0.1, 0.15) is 6.07 Å². The lowest BCUT2D eigenvalue weighted by atomic mass is 9.96. The van der Waals surface area contributed by atoms with Crippen molar-refractivity contribution >= 4 is 17.9 Å². The molecular formula is C10H6N2O6. The topological polar surface area (TPSA) is 142 Å². The van der Waals surface area contributed by atoms with Gasteiger partial charge >= 0.3 is 5.97 Å². The van der Waals surface area contributed by atoms with Gasteiger partial charge in [-0.25, -0.2) is 4.79 Å². The molecule has 8 nitrogen and oxygen atoms in total. The number of carbonyl (C=O) groups is 2. The molecule has 18 heavy (non-hydrogen) atoms. The third-order valence-corrected chi connectivity index (χ3v) is 2.20. The van der Waals surface area contributed by atoms with E-state index in [1.165, 1.54) is 6.07 Å². The lowest BCUT2D eigenvalue weighted by Gasteiger charge is -2.09. The van der Waals surface area contributed by atoms with Crippen molar-refractivity contribution in [3.63, 3.8) is 0 Å². The first-order valence-corrected chi connectivity index (χ1v) is 4.51. The van der Waals surface area contributed by atoms with Crippen LogP contribution in [0.4, 0.5) is 5.69 Å². The van der Waals surface area contributed by atoms with E-state index in [9.17, 15) is 24.8 Å². The molecule has 0 bridgehead atoms. The zero-order chi connectivity index (χ0) is 13.9. The van der Waals surface area contributed by atoms with Gasteiger partial charge in [-0.1, -0.05) is 0 Å². The smallest absolute Gasteiger partial charge is 0.337 e. The third-order valence-electron chi connectivity index (χ3n) is 2.20. The van der Waals surface area contributed by atoms with Crippen LogP contribution in [-0.4, -0.2) is 27.4 Å². The molecule has 1 rings (SSSR count). The summed E-state index contributed by atoms with van der Waals surface area (Å²) in [5.41, 5.74) is -2.17. The summed E-state index contributed by atoms with van der Waals surface area (Å²) in [6.07, 6.45) is -2.00. The lowest BCUT2D eigenvalue weighted by Crippen LogP contribution is -2.15. The maximum atomic E-state index is 10.7. The highest BCUT2D eigenvalue weighted by Crippen LogP contribution is 2.30. The Balaban J connectivity index is 3.70. The fourth-order valence-electron chi connectivity index (χ4n) is 1.41. The van der Waals surface area contributed by atoms with Gasteiger partial charge < -0.3 is 10.2 Å². The SMILES string of the molecule is N#Cc1c(C=O)ccc([N+](=O)[O-])c1C(O)C(=O)O. The minimum Gasteiger partial charge on any atom is -0.479 e. The van der Waals surface area contributed by atoms with Crippen LogP contribution in [0.2, 0.25) is 0 Å². The van der Waals surface area contributed by atoms with E-state index in [0.29, 0.717) is 0 Å². The van der Waals surface area contributed by atoms with Gasteiger partial charge in [0.25, 0.3) is 5.69 Å². The summed E-state index contributed by atoms with van der Waals surface area (Å²) in [4.78, 5) is 31.1. The second-order valence-corrected chi connectivity index (χ2v) is 3.19. The summed E-state index contributed by atoms with van der Waals surface area (Å²) >= 11 is 0. The molecule has 0 aliphatic rings. The van der Waals surface area contributed by atoms with Gasteiger partial charge in [-0.05, 0) is 6.07 Å². The molecule has 92 valence electrons. The molecule has 0 saturated carbocycles. The third kappa shape index (κ3) is 2.16. The number of aliphatic hydroxyl groups excluding tert-OH is 1. The Kier molecular flexibility index (Phi) is 3.71. The lowest BCUT2D eigenvalue weighted by molar-refractivity contribution is -0.386. The minimum atomic E-state index is -2.25. The highest BCUT2D eigenvalue weighted by molar-refractivity contribution is 5.85. The first-order valence-electron chi connectivity index (χ1n) is 4.51. The van der Waals surface area contributed by atoms with Crippen molar-refractivity contribution in [3.8, 4) is 6.07 Å². The number of carbonyl (C=O) groups excluding carboxylic acids is 1. The zero-order valence-corrected chi connectivity index (χ0v) is 8.73. The first-order chi connectivity index (χ1) is 8.43. The number of carboxylic acids is 1. The summed E-state index contributed by atoms with van der Waals surface area (Å²) in [6, 6.07) is 3.37. The summed E-state index contributed by atoms with van der Waals surface area (Å²) in [6.45, 7) is 0. The predicted octanol–water partition coefficient (Wildman–Crippen LogP) is 0.397. The van der Waals surface area contributed by atoms with Crippen molar-refractivity contribution < 1.29 is 24.7 Å². The average molecular weight is 250 g/mol. The normalized spacial score (nSPS) is 11.3. The fraction of sp³-hybridized carbons (Fsp3) is 0.100. The van der Waals surface area contributed by atoms with Crippen molar-refractivity contribution in [3.05, 3.63) is 38.9 Å². The van der Waals surface area contributed by atoms with Crippen LogP contribution in [0, 0.1) is 21.4 Å². The summed E-state index contributed by atoms with van der Waals surface area (Å²) < 4.78 is 0. The average Bonchev–Trinajstić information content (AvgIpc) is 2.35. The fourth-order valence-corrected chi connectivity index (χ4v) is 1.41. The van der Waals surface area contributed by atoms with Gasteiger partial charge in [-0.3, -0.25) is 14.9 Å². The maximum absolute atomic E-state index is 10.7. The number of nitrogens with zero attached hydrogens (tertiary/aromatic N) is 2. The van der Waals surface area contributed by atoms with Gasteiger partial charge in [-0.15, -0.1) is 0 Å². The van der Waals surface area contributed by atoms with Crippen molar-refractivity contribution in [2.75, 3.05) is 0 Å². The molecular weight excluding hydrogens is 244 g/mol. The van der Waals surface area contributed by atoms with E-state index in [0.717, 1.165) is 12.1 Å². The van der Waals surface area contributed by atoms with Crippen molar-refractivity contribution in [2.45, 2.75) is 6.10 Å². The van der Waals surface area contributed by atoms with E-state index in [4.69, 9.17) is 10.4 Å². The van der Waals surface area contributed by atoms with E-state index in [2.05, 4.69) is 0 Å². The largest absolute Gasteiger partial charge is 0.479 e. The molecule has 0 aliphatic carbocycles. The van der Waals surface area contributed by atoms with Gasteiger partial charge in [-0.2, -0.15) is 5.26 Å².